The van der Waals surface area contributed by atoms with E-state index in [0.29, 0.717) is 0 Å². The molecular formula is C7H13N. The maximum atomic E-state index is 2.94. The Bertz CT molecular complexity index is 101. The van der Waals surface area contributed by atoms with Crippen LogP contribution in [0.3, 0.4) is 0 Å². The quantitative estimate of drug-likeness (QED) is 0.535. The van der Waals surface area contributed by atoms with Crippen molar-refractivity contribution in [1.29, 1.82) is 0 Å². The average molecular weight is 111 g/mol. The predicted octanol–water partition coefficient (Wildman–Crippen LogP) is 1.69. The van der Waals surface area contributed by atoms with Crippen LogP contribution in [-0.4, -0.2) is 7.05 Å². The molecule has 8 heavy (non-hydrogen) atoms. The van der Waals surface area contributed by atoms with Crippen molar-refractivity contribution in [2.75, 3.05) is 7.05 Å². The second kappa shape index (κ2) is 4.44. The van der Waals surface area contributed by atoms with Crippen molar-refractivity contribution in [2.45, 2.75) is 13.8 Å². The molecule has 0 aliphatic heterocycles. The van der Waals surface area contributed by atoms with Crippen molar-refractivity contribution >= 4 is 0 Å². The lowest BCUT2D eigenvalue weighted by Crippen LogP contribution is -1.92. The predicted molar refractivity (Wildman–Crippen MR) is 37.6 cm³/mol. The van der Waals surface area contributed by atoms with E-state index in [1.807, 2.05) is 26.2 Å². The lowest BCUT2D eigenvalue weighted by Gasteiger charge is -1.88. The van der Waals surface area contributed by atoms with E-state index in [-0.39, 0.29) is 0 Å². The molecule has 0 aromatic heterocycles. The Kier molecular flexibility index (Phi) is 4.04. The number of nitrogens with one attached hydrogen (secondary N) is 1. The molecule has 1 N–H and O–H groups in total. The van der Waals surface area contributed by atoms with E-state index in [1.54, 1.807) is 0 Å². The van der Waals surface area contributed by atoms with Gasteiger partial charge in [-0.15, -0.1) is 0 Å². The van der Waals surface area contributed by atoms with Gasteiger partial charge in [0.1, 0.15) is 0 Å². The van der Waals surface area contributed by atoms with E-state index < -0.39 is 0 Å². The molecule has 0 bridgehead atoms. The Balaban J connectivity index is 3.61. The molecule has 0 atom stereocenters. The molecule has 0 saturated carbocycles. The van der Waals surface area contributed by atoms with Gasteiger partial charge in [0.2, 0.25) is 0 Å². The summed E-state index contributed by atoms with van der Waals surface area (Å²) in [5.74, 6) is 0. The van der Waals surface area contributed by atoms with Gasteiger partial charge in [0.15, 0.2) is 0 Å². The van der Waals surface area contributed by atoms with Crippen LogP contribution in [-0.2, 0) is 0 Å². The van der Waals surface area contributed by atoms with Crippen molar-refractivity contribution in [2.24, 2.45) is 0 Å². The Hall–Kier alpha value is -0.720. The molecule has 0 heterocycles. The minimum Gasteiger partial charge on any atom is -0.394 e. The number of hydrogen-bond donors (Lipinski definition) is 1. The van der Waals surface area contributed by atoms with Gasteiger partial charge in [0.25, 0.3) is 0 Å². The number of rotatable bonds is 2. The maximum Gasteiger partial charge on any atom is 0.00277 e. The highest BCUT2D eigenvalue weighted by atomic mass is 14.8. The standard InChI is InChI=1S/C7H13N/c1-4-5-7(2)6-8-3/h4-6,8H,1-3H3/b5-4-,7-6+. The SMILES string of the molecule is C/C=C\C(C)=C\NC. The molecule has 46 valence electrons. The molecule has 1 heteroatoms. The van der Waals surface area contributed by atoms with Gasteiger partial charge in [0, 0.05) is 7.05 Å². The normalized spacial score (nSPS) is 12.6. The van der Waals surface area contributed by atoms with Crippen molar-refractivity contribution in [3.05, 3.63) is 23.9 Å². The summed E-state index contributed by atoms with van der Waals surface area (Å²) in [4.78, 5) is 0. The minimum absolute atomic E-state index is 1.25. The van der Waals surface area contributed by atoms with E-state index in [2.05, 4.69) is 18.3 Å². The number of allylic oxidation sites excluding steroid dienone is 3. The van der Waals surface area contributed by atoms with Crippen LogP contribution in [0.2, 0.25) is 0 Å². The van der Waals surface area contributed by atoms with Crippen molar-refractivity contribution in [3.63, 3.8) is 0 Å². The first kappa shape index (κ1) is 7.28. The zero-order chi connectivity index (χ0) is 6.41. The first-order chi connectivity index (χ1) is 3.81. The van der Waals surface area contributed by atoms with Crippen LogP contribution in [0.15, 0.2) is 23.9 Å². The van der Waals surface area contributed by atoms with Crippen molar-refractivity contribution in [1.82, 2.24) is 5.32 Å². The molecule has 0 spiro atoms. The lowest BCUT2D eigenvalue weighted by molar-refractivity contribution is 1.08. The zero-order valence-corrected chi connectivity index (χ0v) is 5.73. The Morgan fingerprint density at radius 3 is 2.50 bits per heavy atom. The summed E-state index contributed by atoms with van der Waals surface area (Å²) in [6.07, 6.45) is 6.03. The molecule has 0 saturated heterocycles. The summed E-state index contributed by atoms with van der Waals surface area (Å²) in [7, 11) is 1.90. The molecule has 0 fully saturated rings. The third-order valence-corrected chi connectivity index (χ3v) is 0.802. The largest absolute Gasteiger partial charge is 0.394 e. The van der Waals surface area contributed by atoms with Gasteiger partial charge in [-0.05, 0) is 25.6 Å². The molecule has 0 aromatic rings. The van der Waals surface area contributed by atoms with Crippen molar-refractivity contribution < 1.29 is 0 Å². The third-order valence-electron chi connectivity index (χ3n) is 0.802. The summed E-state index contributed by atoms with van der Waals surface area (Å²) < 4.78 is 0. The molecule has 0 aliphatic rings. The Morgan fingerprint density at radius 2 is 2.12 bits per heavy atom. The van der Waals surface area contributed by atoms with Crippen LogP contribution in [0, 0.1) is 0 Å². The van der Waals surface area contributed by atoms with Crippen LogP contribution >= 0.6 is 0 Å². The highest BCUT2D eigenvalue weighted by Gasteiger charge is 1.73. The van der Waals surface area contributed by atoms with Gasteiger partial charge in [-0.25, -0.2) is 0 Å². The summed E-state index contributed by atoms with van der Waals surface area (Å²) >= 11 is 0. The molecule has 0 rings (SSSR count). The topological polar surface area (TPSA) is 12.0 Å². The fourth-order valence-corrected chi connectivity index (χ4v) is 0.539. The zero-order valence-electron chi connectivity index (χ0n) is 5.73. The van der Waals surface area contributed by atoms with Crippen LogP contribution < -0.4 is 5.32 Å². The van der Waals surface area contributed by atoms with Crippen molar-refractivity contribution in [3.8, 4) is 0 Å². The second-order valence-corrected chi connectivity index (χ2v) is 1.68. The Morgan fingerprint density at radius 1 is 1.50 bits per heavy atom. The summed E-state index contributed by atoms with van der Waals surface area (Å²) in [6, 6.07) is 0. The first-order valence-electron chi connectivity index (χ1n) is 2.78. The third kappa shape index (κ3) is 3.47. The fourth-order valence-electron chi connectivity index (χ4n) is 0.539. The van der Waals surface area contributed by atoms with Crippen LogP contribution in [0.1, 0.15) is 13.8 Å². The van der Waals surface area contributed by atoms with Crippen LogP contribution in [0.25, 0.3) is 0 Å². The van der Waals surface area contributed by atoms with Crippen LogP contribution in [0.5, 0.6) is 0 Å². The average Bonchev–Trinajstić information content (AvgIpc) is 1.68. The molecule has 0 radical (unpaired) electrons. The van der Waals surface area contributed by atoms with Gasteiger partial charge in [0.05, 0.1) is 0 Å². The molecular weight excluding hydrogens is 98.1 g/mol. The highest BCUT2D eigenvalue weighted by molar-refractivity contribution is 5.13. The van der Waals surface area contributed by atoms with E-state index in [9.17, 15) is 0 Å². The fraction of sp³-hybridized carbons (Fsp3) is 0.429. The van der Waals surface area contributed by atoms with E-state index in [4.69, 9.17) is 0 Å². The molecule has 0 unspecified atom stereocenters. The molecule has 0 aromatic carbocycles. The first-order valence-corrected chi connectivity index (χ1v) is 2.78. The van der Waals surface area contributed by atoms with Gasteiger partial charge < -0.3 is 5.32 Å². The van der Waals surface area contributed by atoms with Gasteiger partial charge >= 0.3 is 0 Å². The maximum absolute atomic E-state index is 2.94. The molecule has 0 aliphatic carbocycles. The molecule has 1 nitrogen and oxygen atoms in total. The van der Waals surface area contributed by atoms with E-state index >= 15 is 0 Å². The van der Waals surface area contributed by atoms with E-state index in [1.165, 1.54) is 5.57 Å². The lowest BCUT2D eigenvalue weighted by atomic mass is 10.3. The van der Waals surface area contributed by atoms with E-state index in [0.717, 1.165) is 0 Å². The highest BCUT2D eigenvalue weighted by Crippen LogP contribution is 1.89. The monoisotopic (exact) mass is 111 g/mol. The van der Waals surface area contributed by atoms with Gasteiger partial charge in [-0.1, -0.05) is 12.2 Å². The summed E-state index contributed by atoms with van der Waals surface area (Å²) in [5, 5.41) is 2.94. The van der Waals surface area contributed by atoms with Crippen LogP contribution in [0.4, 0.5) is 0 Å². The summed E-state index contributed by atoms with van der Waals surface area (Å²) in [6.45, 7) is 4.06. The number of hydrogen-bond acceptors (Lipinski definition) is 1. The minimum atomic E-state index is 1.25. The molecule has 0 amide bonds. The second-order valence-electron chi connectivity index (χ2n) is 1.68. The summed E-state index contributed by atoms with van der Waals surface area (Å²) in [5.41, 5.74) is 1.25. The van der Waals surface area contributed by atoms with Gasteiger partial charge in [-0.3, -0.25) is 0 Å². The van der Waals surface area contributed by atoms with Gasteiger partial charge in [-0.2, -0.15) is 0 Å². The smallest absolute Gasteiger partial charge is 0.00277 e. The Labute approximate surface area is 51.1 Å².